The van der Waals surface area contributed by atoms with Crippen LogP contribution in [0.3, 0.4) is 0 Å². The molecule has 0 aliphatic heterocycles. The average Bonchev–Trinajstić information content (AvgIpc) is 2.56. The molecule has 0 saturated carbocycles. The second-order valence-electron chi connectivity index (χ2n) is 5.31. The molecule has 0 spiro atoms. The van der Waals surface area contributed by atoms with Crippen LogP contribution >= 0.6 is 11.6 Å². The van der Waals surface area contributed by atoms with E-state index in [0.29, 0.717) is 12.4 Å². The third-order valence-corrected chi connectivity index (χ3v) is 4.03. The Kier molecular flexibility index (Phi) is 4.76. The number of fused-ring (bicyclic) bond motifs is 2. The van der Waals surface area contributed by atoms with Crippen LogP contribution in [0.5, 0.6) is 0 Å². The molecule has 1 aromatic heterocycles. The van der Waals surface area contributed by atoms with E-state index in [4.69, 9.17) is 22.3 Å². The van der Waals surface area contributed by atoms with Crippen LogP contribution in [0, 0.1) is 0 Å². The van der Waals surface area contributed by atoms with Gasteiger partial charge in [0.05, 0.1) is 16.7 Å². The highest BCUT2D eigenvalue weighted by atomic mass is 35.5. The van der Waals surface area contributed by atoms with Gasteiger partial charge in [-0.1, -0.05) is 36.4 Å². The molecule has 22 heavy (non-hydrogen) atoms. The van der Waals surface area contributed by atoms with Gasteiger partial charge in [-0.3, -0.25) is 0 Å². The van der Waals surface area contributed by atoms with Crippen LogP contribution in [0.25, 0.3) is 21.8 Å². The van der Waals surface area contributed by atoms with E-state index in [2.05, 4.69) is 41.3 Å². The number of alkyl halides is 1. The van der Waals surface area contributed by atoms with Gasteiger partial charge in [0.1, 0.15) is 0 Å². The molecule has 3 rings (SSSR count). The number of hydrogen-bond acceptors (Lipinski definition) is 3. The summed E-state index contributed by atoms with van der Waals surface area (Å²) in [6.07, 6.45) is 0.946. The summed E-state index contributed by atoms with van der Waals surface area (Å²) in [5, 5.41) is 2.34. The van der Waals surface area contributed by atoms with E-state index in [-0.39, 0.29) is 0 Å². The van der Waals surface area contributed by atoms with Gasteiger partial charge in [-0.15, -0.1) is 11.6 Å². The molecule has 0 saturated heterocycles. The highest BCUT2D eigenvalue weighted by Gasteiger charge is 2.14. The predicted molar refractivity (Wildman–Crippen MR) is 95.9 cm³/mol. The minimum atomic E-state index is 0.593. The lowest BCUT2D eigenvalue weighted by molar-refractivity contribution is 0.760. The van der Waals surface area contributed by atoms with Gasteiger partial charge in [0, 0.05) is 29.7 Å². The third kappa shape index (κ3) is 2.87. The van der Waals surface area contributed by atoms with E-state index in [1.54, 1.807) is 0 Å². The van der Waals surface area contributed by atoms with Crippen LogP contribution in [0.15, 0.2) is 48.5 Å². The van der Waals surface area contributed by atoms with Crippen molar-refractivity contribution in [1.82, 2.24) is 4.98 Å². The van der Waals surface area contributed by atoms with Gasteiger partial charge < -0.3 is 10.6 Å². The largest absolute Gasteiger partial charge is 0.369 e. The maximum absolute atomic E-state index is 6.04. The first-order chi connectivity index (χ1) is 10.8. The summed E-state index contributed by atoms with van der Waals surface area (Å²) in [6.45, 7) is 2.39. The van der Waals surface area contributed by atoms with E-state index < -0.39 is 0 Å². The maximum Gasteiger partial charge on any atom is 0.0730 e. The minimum absolute atomic E-state index is 0.593. The molecule has 3 aromatic rings. The van der Waals surface area contributed by atoms with E-state index in [1.165, 1.54) is 16.5 Å². The van der Waals surface area contributed by atoms with Crippen molar-refractivity contribution in [3.8, 4) is 0 Å². The molecule has 2 N–H and O–H groups in total. The van der Waals surface area contributed by atoms with Gasteiger partial charge in [0.15, 0.2) is 0 Å². The number of anilines is 1. The number of pyridine rings is 1. The number of hydrogen-bond donors (Lipinski definition) is 1. The molecule has 2 aromatic carbocycles. The molecule has 0 bridgehead atoms. The van der Waals surface area contributed by atoms with Crippen LogP contribution in [0.1, 0.15) is 6.42 Å². The quantitative estimate of drug-likeness (QED) is 0.556. The van der Waals surface area contributed by atoms with Crippen LogP contribution in [-0.2, 0) is 0 Å². The summed E-state index contributed by atoms with van der Waals surface area (Å²) in [6, 6.07) is 16.6. The zero-order valence-electron chi connectivity index (χ0n) is 12.5. The van der Waals surface area contributed by atoms with Crippen LogP contribution in [0.4, 0.5) is 5.69 Å². The molecule has 0 unspecified atom stereocenters. The number of aromatic nitrogens is 1. The molecular weight excluding hydrogens is 294 g/mol. The van der Waals surface area contributed by atoms with E-state index >= 15 is 0 Å². The fraction of sp³-hybridized carbons (Fsp3) is 0.278. The van der Waals surface area contributed by atoms with E-state index in [9.17, 15) is 0 Å². The Morgan fingerprint density at radius 2 is 1.50 bits per heavy atom. The van der Waals surface area contributed by atoms with Gasteiger partial charge in [-0.25, -0.2) is 4.98 Å². The van der Waals surface area contributed by atoms with Crippen molar-refractivity contribution in [1.29, 1.82) is 0 Å². The standard InChI is InChI=1S/C18H20ClN3/c19-10-13-22(12-5-11-20)18-14-6-1-3-8-16(14)21-17-9-4-2-7-15(17)18/h1-4,6-9H,5,10-13,20H2. The third-order valence-electron chi connectivity index (χ3n) is 3.86. The molecule has 0 fully saturated rings. The summed E-state index contributed by atoms with van der Waals surface area (Å²) >= 11 is 6.04. The first kappa shape index (κ1) is 15.1. The summed E-state index contributed by atoms with van der Waals surface area (Å²) in [5.41, 5.74) is 8.96. The topological polar surface area (TPSA) is 42.1 Å². The zero-order chi connectivity index (χ0) is 15.4. The number of para-hydroxylation sites is 2. The number of nitrogens with two attached hydrogens (primary N) is 1. The fourth-order valence-electron chi connectivity index (χ4n) is 2.88. The first-order valence-corrected chi connectivity index (χ1v) is 8.17. The second-order valence-corrected chi connectivity index (χ2v) is 5.69. The Morgan fingerprint density at radius 1 is 0.909 bits per heavy atom. The summed E-state index contributed by atoms with van der Waals surface area (Å²) in [5.74, 6) is 0.593. The van der Waals surface area contributed by atoms with Crippen molar-refractivity contribution in [3.05, 3.63) is 48.5 Å². The van der Waals surface area contributed by atoms with Crippen molar-refractivity contribution >= 4 is 39.1 Å². The van der Waals surface area contributed by atoms with Gasteiger partial charge in [0.25, 0.3) is 0 Å². The van der Waals surface area contributed by atoms with Crippen molar-refractivity contribution in [2.45, 2.75) is 6.42 Å². The maximum atomic E-state index is 6.04. The van der Waals surface area contributed by atoms with E-state index in [1.807, 2.05) is 12.1 Å². The predicted octanol–water partition coefficient (Wildman–Crippen LogP) is 3.78. The second kappa shape index (κ2) is 6.95. The monoisotopic (exact) mass is 313 g/mol. The molecule has 0 radical (unpaired) electrons. The Bertz CT molecular complexity index is 718. The molecule has 3 nitrogen and oxygen atoms in total. The van der Waals surface area contributed by atoms with E-state index in [0.717, 1.165) is 30.5 Å². The van der Waals surface area contributed by atoms with Gasteiger partial charge in [-0.05, 0) is 25.1 Å². The highest BCUT2D eigenvalue weighted by molar-refractivity contribution is 6.18. The Hall–Kier alpha value is -1.84. The van der Waals surface area contributed by atoms with Crippen LogP contribution < -0.4 is 10.6 Å². The van der Waals surface area contributed by atoms with Crippen molar-refractivity contribution in [2.75, 3.05) is 30.4 Å². The van der Waals surface area contributed by atoms with Gasteiger partial charge in [0.2, 0.25) is 0 Å². The minimum Gasteiger partial charge on any atom is -0.369 e. The average molecular weight is 314 g/mol. The van der Waals surface area contributed by atoms with Crippen molar-refractivity contribution in [3.63, 3.8) is 0 Å². The molecule has 0 aliphatic rings. The van der Waals surface area contributed by atoms with Gasteiger partial charge >= 0.3 is 0 Å². The molecule has 0 aliphatic carbocycles. The summed E-state index contributed by atoms with van der Waals surface area (Å²) in [4.78, 5) is 7.12. The molecule has 1 heterocycles. The normalized spacial score (nSPS) is 11.2. The number of rotatable bonds is 6. The molecule has 114 valence electrons. The highest BCUT2D eigenvalue weighted by Crippen LogP contribution is 2.33. The number of benzene rings is 2. The Labute approximate surface area is 135 Å². The van der Waals surface area contributed by atoms with Crippen LogP contribution in [-0.4, -0.2) is 30.5 Å². The SMILES string of the molecule is NCCCN(CCCl)c1c2ccccc2nc2ccccc12. The Balaban J connectivity index is 2.25. The first-order valence-electron chi connectivity index (χ1n) is 7.63. The lowest BCUT2D eigenvalue weighted by Crippen LogP contribution is -2.28. The number of halogens is 1. The smallest absolute Gasteiger partial charge is 0.0730 e. The van der Waals surface area contributed by atoms with Crippen molar-refractivity contribution in [2.24, 2.45) is 5.73 Å². The molecule has 0 amide bonds. The van der Waals surface area contributed by atoms with Crippen molar-refractivity contribution < 1.29 is 0 Å². The lowest BCUT2D eigenvalue weighted by atomic mass is 10.1. The molecule has 4 heteroatoms. The summed E-state index contributed by atoms with van der Waals surface area (Å²) < 4.78 is 0. The Morgan fingerprint density at radius 3 is 2.05 bits per heavy atom. The lowest BCUT2D eigenvalue weighted by Gasteiger charge is -2.26. The zero-order valence-corrected chi connectivity index (χ0v) is 13.3. The summed E-state index contributed by atoms with van der Waals surface area (Å²) in [7, 11) is 0. The number of nitrogens with zero attached hydrogens (tertiary/aromatic N) is 2. The van der Waals surface area contributed by atoms with Crippen LogP contribution in [0.2, 0.25) is 0 Å². The van der Waals surface area contributed by atoms with Gasteiger partial charge in [-0.2, -0.15) is 0 Å². The molecule has 0 atom stereocenters. The molecular formula is C18H20ClN3. The fourth-order valence-corrected chi connectivity index (χ4v) is 3.08.